The van der Waals surface area contributed by atoms with E-state index in [2.05, 4.69) is 4.98 Å². The van der Waals surface area contributed by atoms with Crippen LogP contribution in [-0.2, 0) is 28.9 Å². The van der Waals surface area contributed by atoms with E-state index < -0.39 is 5.97 Å². The molecule has 0 atom stereocenters. The summed E-state index contributed by atoms with van der Waals surface area (Å²) in [5.74, 6) is -0.189. The van der Waals surface area contributed by atoms with Crippen molar-refractivity contribution in [3.63, 3.8) is 0 Å². The van der Waals surface area contributed by atoms with Crippen LogP contribution in [0, 0.1) is 0 Å². The first kappa shape index (κ1) is 22.0. The van der Waals surface area contributed by atoms with E-state index in [0.717, 1.165) is 31.2 Å². The van der Waals surface area contributed by atoms with Crippen molar-refractivity contribution in [2.75, 3.05) is 20.2 Å². The van der Waals surface area contributed by atoms with E-state index in [-0.39, 0.29) is 17.6 Å². The largest absolute Gasteiger partial charge is 0.489 e. The van der Waals surface area contributed by atoms with Crippen molar-refractivity contribution in [3.8, 4) is 5.75 Å². The number of methoxy groups -OCH3 is 1. The van der Waals surface area contributed by atoms with Gasteiger partial charge in [0.1, 0.15) is 11.3 Å². The van der Waals surface area contributed by atoms with Gasteiger partial charge < -0.3 is 18.9 Å². The number of aromatic nitrogens is 2. The summed E-state index contributed by atoms with van der Waals surface area (Å²) in [5.41, 5.74) is 1.69. The molecule has 2 aromatic rings. The fraction of sp³-hybridized carbons (Fsp3) is 0.500. The molecule has 1 aliphatic heterocycles. The summed E-state index contributed by atoms with van der Waals surface area (Å²) in [6.45, 7) is 1.19. The molecule has 2 aromatic heterocycles. The van der Waals surface area contributed by atoms with Crippen molar-refractivity contribution in [2.45, 2.75) is 57.6 Å². The lowest BCUT2D eigenvalue weighted by Crippen LogP contribution is -2.34. The number of ether oxygens (including phenoxy) is 2. The maximum absolute atomic E-state index is 12.9. The zero-order valence-electron chi connectivity index (χ0n) is 18.4. The van der Waals surface area contributed by atoms with Crippen LogP contribution in [-0.4, -0.2) is 52.6 Å². The molecule has 2 aliphatic rings. The zero-order chi connectivity index (χ0) is 22.5. The van der Waals surface area contributed by atoms with Crippen molar-refractivity contribution < 1.29 is 19.1 Å². The summed E-state index contributed by atoms with van der Waals surface area (Å²) in [5, 5.41) is 0. The number of pyridine rings is 2. The van der Waals surface area contributed by atoms with E-state index in [0.29, 0.717) is 55.9 Å². The van der Waals surface area contributed by atoms with Gasteiger partial charge in [0.05, 0.1) is 13.2 Å². The monoisotopic (exact) mass is 439 g/mol. The lowest BCUT2D eigenvalue weighted by atomic mass is 10.1. The van der Waals surface area contributed by atoms with E-state index in [1.165, 1.54) is 13.2 Å². The van der Waals surface area contributed by atoms with Gasteiger partial charge in [-0.3, -0.25) is 14.6 Å². The van der Waals surface area contributed by atoms with Gasteiger partial charge in [0.2, 0.25) is 5.91 Å². The summed E-state index contributed by atoms with van der Waals surface area (Å²) >= 11 is 0. The summed E-state index contributed by atoms with van der Waals surface area (Å²) in [6.07, 6.45) is 8.85. The molecule has 0 N–H and O–H groups in total. The van der Waals surface area contributed by atoms with Crippen LogP contribution in [0.1, 0.15) is 53.7 Å². The minimum atomic E-state index is -0.516. The molecule has 4 rings (SSSR count). The Morgan fingerprint density at radius 3 is 2.72 bits per heavy atom. The lowest BCUT2D eigenvalue weighted by Gasteiger charge is -2.20. The maximum Gasteiger partial charge on any atom is 0.343 e. The Balaban J connectivity index is 1.54. The molecule has 8 nitrogen and oxygen atoms in total. The highest BCUT2D eigenvalue weighted by Gasteiger charge is 2.29. The third-order valence-electron chi connectivity index (χ3n) is 6.28. The van der Waals surface area contributed by atoms with Crippen LogP contribution in [0.25, 0.3) is 0 Å². The minimum absolute atomic E-state index is 0.0113. The average molecular weight is 440 g/mol. The van der Waals surface area contributed by atoms with Crippen molar-refractivity contribution in [3.05, 3.63) is 57.8 Å². The summed E-state index contributed by atoms with van der Waals surface area (Å²) in [6, 6.07) is 5.20. The molecule has 0 spiro atoms. The number of carbonyl (C=O) groups excluding carboxylic acids is 2. The normalized spacial score (nSPS) is 16.3. The van der Waals surface area contributed by atoms with Crippen LogP contribution in [0.2, 0.25) is 0 Å². The molecule has 1 aliphatic carbocycles. The van der Waals surface area contributed by atoms with E-state index in [4.69, 9.17) is 9.47 Å². The highest BCUT2D eigenvalue weighted by Crippen LogP contribution is 2.29. The Morgan fingerprint density at radius 2 is 2.00 bits per heavy atom. The van der Waals surface area contributed by atoms with Crippen LogP contribution in [0.4, 0.5) is 0 Å². The number of esters is 1. The van der Waals surface area contributed by atoms with Gasteiger partial charge in [0.25, 0.3) is 5.56 Å². The molecule has 0 unspecified atom stereocenters. The van der Waals surface area contributed by atoms with Crippen LogP contribution in [0.5, 0.6) is 5.75 Å². The molecule has 170 valence electrons. The average Bonchev–Trinajstić information content (AvgIpc) is 3.21. The van der Waals surface area contributed by atoms with Crippen molar-refractivity contribution in [1.29, 1.82) is 0 Å². The quantitative estimate of drug-likeness (QED) is 0.642. The molecule has 0 saturated heterocycles. The fourth-order valence-corrected chi connectivity index (χ4v) is 4.55. The van der Waals surface area contributed by atoms with Gasteiger partial charge >= 0.3 is 5.97 Å². The highest BCUT2D eigenvalue weighted by atomic mass is 16.5. The van der Waals surface area contributed by atoms with Gasteiger partial charge in [0, 0.05) is 56.6 Å². The minimum Gasteiger partial charge on any atom is -0.489 e. The Hall–Kier alpha value is -3.16. The molecule has 1 fully saturated rings. The van der Waals surface area contributed by atoms with Crippen LogP contribution in [0.3, 0.4) is 0 Å². The summed E-state index contributed by atoms with van der Waals surface area (Å²) in [4.78, 5) is 44.2. The molecule has 32 heavy (non-hydrogen) atoms. The Labute approximate surface area is 187 Å². The fourth-order valence-electron chi connectivity index (χ4n) is 4.55. The Kier molecular flexibility index (Phi) is 6.87. The number of amides is 1. The molecule has 8 heteroatoms. The predicted molar refractivity (Wildman–Crippen MR) is 118 cm³/mol. The van der Waals surface area contributed by atoms with Crippen LogP contribution >= 0.6 is 0 Å². The first-order chi connectivity index (χ1) is 15.6. The molecule has 1 saturated carbocycles. The van der Waals surface area contributed by atoms with Gasteiger partial charge in [0.15, 0.2) is 0 Å². The maximum atomic E-state index is 12.9. The second-order valence-electron chi connectivity index (χ2n) is 8.33. The molecule has 0 aromatic carbocycles. The lowest BCUT2D eigenvalue weighted by molar-refractivity contribution is -0.131. The molecular weight excluding hydrogens is 410 g/mol. The third kappa shape index (κ3) is 4.84. The molecule has 1 amide bonds. The standard InChI is InChI=1S/C24H29N3O5/c1-31-24(30)23-19-10-12-26(21(28)9-8-17-5-4-11-25-16-17)13-14-27(19)22(29)15-20(23)32-18-6-2-3-7-18/h4-5,11,15-16,18H,2-3,6-10,12-14H2,1H3. The second kappa shape index (κ2) is 9.97. The van der Waals surface area contributed by atoms with Crippen molar-refractivity contribution >= 4 is 11.9 Å². The van der Waals surface area contributed by atoms with Gasteiger partial charge in [-0.25, -0.2) is 4.79 Å². The third-order valence-corrected chi connectivity index (χ3v) is 6.28. The molecule has 0 radical (unpaired) electrons. The SMILES string of the molecule is COC(=O)c1c(OC2CCCC2)cc(=O)n2c1CCN(C(=O)CCc1cccnc1)CC2. The number of aryl methyl sites for hydroxylation is 1. The Bertz CT molecular complexity index is 1030. The van der Waals surface area contributed by atoms with Gasteiger partial charge in [-0.15, -0.1) is 0 Å². The number of nitrogens with zero attached hydrogens (tertiary/aromatic N) is 3. The first-order valence-electron chi connectivity index (χ1n) is 11.2. The van der Waals surface area contributed by atoms with Crippen molar-refractivity contribution in [2.24, 2.45) is 0 Å². The number of fused-ring (bicyclic) bond motifs is 1. The topological polar surface area (TPSA) is 90.7 Å². The number of hydrogen-bond donors (Lipinski definition) is 0. The van der Waals surface area contributed by atoms with E-state index in [9.17, 15) is 14.4 Å². The summed E-state index contributed by atoms with van der Waals surface area (Å²) in [7, 11) is 1.33. The second-order valence-corrected chi connectivity index (χ2v) is 8.33. The van der Waals surface area contributed by atoms with Crippen LogP contribution in [0.15, 0.2) is 35.4 Å². The van der Waals surface area contributed by atoms with Gasteiger partial charge in [-0.05, 0) is 43.7 Å². The molecule has 0 bridgehead atoms. The number of rotatable bonds is 6. The molecular formula is C24H29N3O5. The number of hydrogen-bond acceptors (Lipinski definition) is 6. The van der Waals surface area contributed by atoms with E-state index >= 15 is 0 Å². The van der Waals surface area contributed by atoms with Gasteiger partial charge in [-0.1, -0.05) is 6.07 Å². The molecule has 3 heterocycles. The first-order valence-corrected chi connectivity index (χ1v) is 11.2. The van der Waals surface area contributed by atoms with E-state index in [1.54, 1.807) is 21.9 Å². The summed E-state index contributed by atoms with van der Waals surface area (Å²) < 4.78 is 12.7. The number of carbonyl (C=O) groups is 2. The predicted octanol–water partition coefficient (Wildman–Crippen LogP) is 2.37. The van der Waals surface area contributed by atoms with Crippen LogP contribution < -0.4 is 10.3 Å². The zero-order valence-corrected chi connectivity index (χ0v) is 18.4. The highest BCUT2D eigenvalue weighted by molar-refractivity contribution is 5.93. The Morgan fingerprint density at radius 1 is 1.19 bits per heavy atom. The van der Waals surface area contributed by atoms with Crippen molar-refractivity contribution in [1.82, 2.24) is 14.5 Å². The van der Waals surface area contributed by atoms with Gasteiger partial charge in [-0.2, -0.15) is 0 Å². The van der Waals surface area contributed by atoms with E-state index in [1.807, 2.05) is 12.1 Å². The smallest absolute Gasteiger partial charge is 0.343 e.